The first-order valence-electron chi connectivity index (χ1n) is 5.36. The maximum atomic E-state index is 12.7. The molecule has 0 aromatic heterocycles. The molecule has 0 amide bonds. The third-order valence-corrected chi connectivity index (χ3v) is 2.82. The molecule has 2 unspecified atom stereocenters. The minimum absolute atomic E-state index is 0.00201. The van der Waals surface area contributed by atoms with Gasteiger partial charge in [0, 0.05) is 18.4 Å². The summed E-state index contributed by atoms with van der Waals surface area (Å²) in [7, 11) is 0. The van der Waals surface area contributed by atoms with E-state index in [9.17, 15) is 9.18 Å². The molecule has 3 heteroatoms. The third-order valence-electron chi connectivity index (χ3n) is 2.82. The number of allylic oxidation sites excluding steroid dienone is 1. The molecule has 1 aliphatic rings. The lowest BCUT2D eigenvalue weighted by Gasteiger charge is -2.08. The van der Waals surface area contributed by atoms with E-state index in [1.165, 1.54) is 12.1 Å². The van der Waals surface area contributed by atoms with Crippen LogP contribution in [0.25, 0.3) is 0 Å². The topological polar surface area (TPSA) is 43.1 Å². The predicted octanol–water partition coefficient (Wildman–Crippen LogP) is 1.84. The van der Waals surface area contributed by atoms with E-state index < -0.39 is 0 Å². The smallest absolute Gasteiger partial charge is 0.144 e. The maximum Gasteiger partial charge on any atom is 0.144 e. The van der Waals surface area contributed by atoms with Crippen molar-refractivity contribution < 1.29 is 9.18 Å². The number of ketones is 1. The van der Waals surface area contributed by atoms with Gasteiger partial charge < -0.3 is 5.73 Å². The zero-order chi connectivity index (χ0) is 11.5. The van der Waals surface area contributed by atoms with Gasteiger partial charge in [-0.3, -0.25) is 4.79 Å². The first kappa shape index (κ1) is 11.0. The van der Waals surface area contributed by atoms with Crippen molar-refractivity contribution in [3.05, 3.63) is 47.8 Å². The van der Waals surface area contributed by atoms with Crippen molar-refractivity contribution in [2.45, 2.75) is 18.9 Å². The molecule has 84 valence electrons. The lowest BCUT2D eigenvalue weighted by Crippen LogP contribution is -2.20. The molecule has 0 radical (unpaired) electrons. The molecule has 1 aromatic carbocycles. The van der Waals surface area contributed by atoms with Crippen LogP contribution in [-0.4, -0.2) is 11.8 Å². The standard InChI is InChI=1S/C13H14FNO/c14-11-4-1-9(2-5-11)7-13(16)10-3-6-12(15)8-10/h1-6,10,12H,7-8,15H2. The highest BCUT2D eigenvalue weighted by Gasteiger charge is 2.22. The molecular formula is C13H14FNO. The van der Waals surface area contributed by atoms with Gasteiger partial charge in [-0.05, 0) is 24.1 Å². The van der Waals surface area contributed by atoms with Crippen molar-refractivity contribution in [1.29, 1.82) is 0 Å². The first-order valence-corrected chi connectivity index (χ1v) is 5.36. The molecule has 0 aliphatic heterocycles. The van der Waals surface area contributed by atoms with Crippen LogP contribution in [0.15, 0.2) is 36.4 Å². The highest BCUT2D eigenvalue weighted by molar-refractivity contribution is 5.85. The summed E-state index contributed by atoms with van der Waals surface area (Å²) in [6.07, 6.45) is 4.78. The normalized spacial score (nSPS) is 23.6. The monoisotopic (exact) mass is 219 g/mol. The molecule has 2 N–H and O–H groups in total. The number of hydrogen-bond donors (Lipinski definition) is 1. The Bertz CT molecular complexity index is 410. The van der Waals surface area contributed by atoms with Gasteiger partial charge in [-0.15, -0.1) is 0 Å². The molecule has 1 aromatic rings. The summed E-state index contributed by atoms with van der Waals surface area (Å²) in [6.45, 7) is 0. The molecule has 0 saturated carbocycles. The summed E-state index contributed by atoms with van der Waals surface area (Å²) < 4.78 is 12.7. The van der Waals surface area contributed by atoms with E-state index in [2.05, 4.69) is 0 Å². The van der Waals surface area contributed by atoms with Crippen LogP contribution in [0.1, 0.15) is 12.0 Å². The van der Waals surface area contributed by atoms with Crippen LogP contribution in [0, 0.1) is 11.7 Å². The highest BCUT2D eigenvalue weighted by Crippen LogP contribution is 2.19. The average Bonchev–Trinajstić information content (AvgIpc) is 2.68. The van der Waals surface area contributed by atoms with Gasteiger partial charge in [0.1, 0.15) is 11.6 Å². The molecule has 2 rings (SSSR count). The molecule has 0 saturated heterocycles. The molecule has 1 aliphatic carbocycles. The van der Waals surface area contributed by atoms with Gasteiger partial charge in [0.2, 0.25) is 0 Å². The van der Waals surface area contributed by atoms with Gasteiger partial charge in [-0.2, -0.15) is 0 Å². The van der Waals surface area contributed by atoms with Crippen LogP contribution < -0.4 is 5.73 Å². The fraction of sp³-hybridized carbons (Fsp3) is 0.308. The van der Waals surface area contributed by atoms with E-state index in [-0.39, 0.29) is 23.6 Å². The number of hydrogen-bond acceptors (Lipinski definition) is 2. The van der Waals surface area contributed by atoms with Gasteiger partial charge >= 0.3 is 0 Å². The Morgan fingerprint density at radius 1 is 1.31 bits per heavy atom. The van der Waals surface area contributed by atoms with Gasteiger partial charge in [0.25, 0.3) is 0 Å². The zero-order valence-corrected chi connectivity index (χ0v) is 8.90. The van der Waals surface area contributed by atoms with Crippen molar-refractivity contribution in [3.63, 3.8) is 0 Å². The summed E-state index contributed by atoms with van der Waals surface area (Å²) in [4.78, 5) is 11.8. The van der Waals surface area contributed by atoms with Crippen LogP contribution in [0.4, 0.5) is 4.39 Å². The molecule has 0 fully saturated rings. The lowest BCUT2D eigenvalue weighted by atomic mass is 9.97. The third kappa shape index (κ3) is 2.55. The van der Waals surface area contributed by atoms with Gasteiger partial charge in [-0.1, -0.05) is 24.3 Å². The minimum Gasteiger partial charge on any atom is -0.324 e. The second kappa shape index (κ2) is 4.58. The average molecular weight is 219 g/mol. The van der Waals surface area contributed by atoms with Gasteiger partial charge in [0.15, 0.2) is 0 Å². The summed E-state index contributed by atoms with van der Waals surface area (Å²) in [5.41, 5.74) is 6.54. The number of rotatable bonds is 3. The zero-order valence-electron chi connectivity index (χ0n) is 8.90. The van der Waals surface area contributed by atoms with Crippen LogP contribution in [0.3, 0.4) is 0 Å². The van der Waals surface area contributed by atoms with Gasteiger partial charge in [-0.25, -0.2) is 4.39 Å². The van der Waals surface area contributed by atoms with Crippen LogP contribution >= 0.6 is 0 Å². The fourth-order valence-electron chi connectivity index (χ4n) is 1.90. The molecule has 0 bridgehead atoms. The van der Waals surface area contributed by atoms with Gasteiger partial charge in [0.05, 0.1) is 0 Å². The fourth-order valence-corrected chi connectivity index (χ4v) is 1.90. The number of halogens is 1. The van der Waals surface area contributed by atoms with Crippen molar-refractivity contribution in [2.24, 2.45) is 11.7 Å². The number of nitrogens with two attached hydrogens (primary N) is 1. The Morgan fingerprint density at radius 2 is 2.00 bits per heavy atom. The largest absolute Gasteiger partial charge is 0.324 e. The summed E-state index contributed by atoms with van der Waals surface area (Å²) in [6, 6.07) is 6.04. The van der Waals surface area contributed by atoms with Crippen molar-refractivity contribution >= 4 is 5.78 Å². The van der Waals surface area contributed by atoms with E-state index in [0.29, 0.717) is 12.8 Å². The van der Waals surface area contributed by atoms with Crippen molar-refractivity contribution in [2.75, 3.05) is 0 Å². The summed E-state index contributed by atoms with van der Waals surface area (Å²) in [5.74, 6) is -0.199. The summed E-state index contributed by atoms with van der Waals surface area (Å²) >= 11 is 0. The van der Waals surface area contributed by atoms with Crippen LogP contribution in [0.5, 0.6) is 0 Å². The predicted molar refractivity (Wildman–Crippen MR) is 60.3 cm³/mol. The second-order valence-corrected chi connectivity index (χ2v) is 4.16. The van der Waals surface area contributed by atoms with Crippen LogP contribution in [0.2, 0.25) is 0 Å². The number of Topliss-reactive ketones (excluding diaryl/α,β-unsaturated/α-hetero) is 1. The Labute approximate surface area is 94.0 Å². The maximum absolute atomic E-state index is 12.7. The molecule has 2 nitrogen and oxygen atoms in total. The quantitative estimate of drug-likeness (QED) is 0.788. The lowest BCUT2D eigenvalue weighted by molar-refractivity contribution is -0.120. The van der Waals surface area contributed by atoms with E-state index in [0.717, 1.165) is 5.56 Å². The van der Waals surface area contributed by atoms with E-state index in [1.807, 2.05) is 12.2 Å². The Kier molecular flexibility index (Phi) is 3.15. The molecule has 0 heterocycles. The first-order chi connectivity index (χ1) is 7.65. The minimum atomic E-state index is -0.279. The Balaban J connectivity index is 1.97. The van der Waals surface area contributed by atoms with E-state index >= 15 is 0 Å². The number of carbonyl (C=O) groups is 1. The molecule has 0 spiro atoms. The van der Waals surface area contributed by atoms with Crippen molar-refractivity contribution in [1.82, 2.24) is 0 Å². The van der Waals surface area contributed by atoms with Crippen molar-refractivity contribution in [3.8, 4) is 0 Å². The summed E-state index contributed by atoms with van der Waals surface area (Å²) in [5, 5.41) is 0. The van der Waals surface area contributed by atoms with Crippen LogP contribution in [-0.2, 0) is 11.2 Å². The number of carbonyl (C=O) groups excluding carboxylic acids is 1. The molecular weight excluding hydrogens is 205 g/mol. The van der Waals surface area contributed by atoms with E-state index in [4.69, 9.17) is 5.73 Å². The second-order valence-electron chi connectivity index (χ2n) is 4.16. The number of benzene rings is 1. The SMILES string of the molecule is NC1C=CC(C(=O)Cc2ccc(F)cc2)C1. The molecule has 16 heavy (non-hydrogen) atoms. The highest BCUT2D eigenvalue weighted by atomic mass is 19.1. The Hall–Kier alpha value is -1.48. The van der Waals surface area contributed by atoms with E-state index in [1.54, 1.807) is 12.1 Å². The molecule has 2 atom stereocenters. The Morgan fingerprint density at radius 3 is 2.56 bits per heavy atom.